The monoisotopic (exact) mass is 583 g/mol. The lowest BCUT2D eigenvalue weighted by molar-refractivity contribution is -0.120. The number of benzene rings is 2. The van der Waals surface area contributed by atoms with Crippen molar-refractivity contribution in [2.24, 2.45) is 0 Å². The molecule has 0 aliphatic carbocycles. The fourth-order valence-electron chi connectivity index (χ4n) is 4.78. The lowest BCUT2D eigenvalue weighted by atomic mass is 10.1. The molecule has 4 N–H and O–H groups in total. The number of amides is 2. The van der Waals surface area contributed by atoms with Crippen LogP contribution in [0.5, 0.6) is 5.75 Å². The second kappa shape index (κ2) is 11.6. The van der Waals surface area contributed by atoms with E-state index in [4.69, 9.17) is 15.6 Å². The van der Waals surface area contributed by atoms with E-state index in [0.29, 0.717) is 35.1 Å². The molecule has 220 valence electrons. The molecule has 1 saturated heterocycles. The number of amidine groups is 2. The van der Waals surface area contributed by atoms with Crippen LogP contribution in [0.4, 0.5) is 18.9 Å². The maximum absolute atomic E-state index is 13.3. The van der Waals surface area contributed by atoms with E-state index in [1.165, 1.54) is 4.90 Å². The van der Waals surface area contributed by atoms with Crippen molar-refractivity contribution in [3.8, 4) is 5.75 Å². The van der Waals surface area contributed by atoms with Crippen LogP contribution in [-0.4, -0.2) is 94.0 Å². The molecule has 3 heterocycles. The minimum atomic E-state index is -4.82. The number of carbonyl (C=O) groups is 2. The minimum Gasteiger partial charge on any atom is -0.489 e. The molecule has 12 nitrogen and oxygen atoms in total. The van der Waals surface area contributed by atoms with Crippen molar-refractivity contribution in [3.05, 3.63) is 71.3 Å². The molecule has 2 aliphatic heterocycles. The van der Waals surface area contributed by atoms with Gasteiger partial charge in [0.05, 0.1) is 12.2 Å². The molecule has 15 heteroatoms. The van der Waals surface area contributed by atoms with Crippen LogP contribution in [0, 0.1) is 10.8 Å². The molecule has 2 aromatic carbocycles. The van der Waals surface area contributed by atoms with Gasteiger partial charge >= 0.3 is 6.18 Å². The number of ether oxygens (including phenoxy) is 1. The van der Waals surface area contributed by atoms with Gasteiger partial charge in [-0.05, 0) is 23.3 Å². The van der Waals surface area contributed by atoms with Gasteiger partial charge in [-0.3, -0.25) is 30.4 Å². The Bertz CT molecular complexity index is 1510. The third-order valence-electron chi connectivity index (χ3n) is 6.96. The summed E-state index contributed by atoms with van der Waals surface area (Å²) in [6.45, 7) is 0.201. The van der Waals surface area contributed by atoms with Gasteiger partial charge in [0.25, 0.3) is 11.8 Å². The third kappa shape index (κ3) is 6.25. The highest BCUT2D eigenvalue weighted by Gasteiger charge is 2.41. The summed E-state index contributed by atoms with van der Waals surface area (Å²) in [5, 5.41) is 24.7. The Morgan fingerprint density at radius 3 is 2.64 bits per heavy atom. The van der Waals surface area contributed by atoms with Crippen molar-refractivity contribution < 1.29 is 27.5 Å². The van der Waals surface area contributed by atoms with E-state index >= 15 is 0 Å². The van der Waals surface area contributed by atoms with Gasteiger partial charge in [-0.2, -0.15) is 13.2 Å². The lowest BCUT2D eigenvalue weighted by Gasteiger charge is -2.36. The van der Waals surface area contributed by atoms with Gasteiger partial charge in [-0.15, -0.1) is 5.10 Å². The summed E-state index contributed by atoms with van der Waals surface area (Å²) in [4.78, 5) is 34.2. The van der Waals surface area contributed by atoms with Crippen molar-refractivity contribution in [3.63, 3.8) is 0 Å². The van der Waals surface area contributed by atoms with E-state index in [9.17, 15) is 22.8 Å². The SMILES string of the molecule is CN1C(=O)C(NC(=O)c2n[nH]c(Cc3ccccc3)n2)COc2ccc(CN3CCN(C(=N)C(F)(F)F)C(=N)C3)cc21. The van der Waals surface area contributed by atoms with E-state index in [2.05, 4.69) is 20.5 Å². The van der Waals surface area contributed by atoms with Crippen LogP contribution in [0.15, 0.2) is 48.5 Å². The zero-order valence-electron chi connectivity index (χ0n) is 22.5. The highest BCUT2D eigenvalue weighted by Crippen LogP contribution is 2.32. The molecular weight excluding hydrogens is 555 g/mol. The first-order valence-corrected chi connectivity index (χ1v) is 13.0. The number of halogens is 3. The largest absolute Gasteiger partial charge is 0.489 e. The average Bonchev–Trinajstić information content (AvgIpc) is 3.39. The molecule has 2 amide bonds. The predicted octanol–water partition coefficient (Wildman–Crippen LogP) is 2.18. The van der Waals surface area contributed by atoms with Crippen molar-refractivity contribution in [1.82, 2.24) is 30.3 Å². The fourth-order valence-corrected chi connectivity index (χ4v) is 4.78. The number of aromatic amines is 1. The molecule has 3 aromatic rings. The smallest absolute Gasteiger partial charge is 0.449 e. The third-order valence-corrected chi connectivity index (χ3v) is 6.96. The van der Waals surface area contributed by atoms with Gasteiger partial charge in [0.2, 0.25) is 11.7 Å². The normalized spacial score (nSPS) is 17.9. The zero-order chi connectivity index (χ0) is 30.0. The van der Waals surface area contributed by atoms with Crippen LogP contribution >= 0.6 is 0 Å². The predicted molar refractivity (Wildman–Crippen MR) is 146 cm³/mol. The number of nitrogens with one attached hydrogen (secondary N) is 4. The van der Waals surface area contributed by atoms with Crippen molar-refractivity contribution >= 4 is 29.2 Å². The number of hydrogen-bond acceptors (Lipinski definition) is 8. The fraction of sp³-hybridized carbons (Fsp3) is 0.333. The maximum Gasteiger partial charge on any atom is 0.449 e. The second-order valence-corrected chi connectivity index (χ2v) is 9.96. The molecule has 0 bridgehead atoms. The van der Waals surface area contributed by atoms with Crippen molar-refractivity contribution in [1.29, 1.82) is 10.8 Å². The minimum absolute atomic E-state index is 0.0663. The van der Waals surface area contributed by atoms with Crippen molar-refractivity contribution in [2.75, 3.05) is 38.2 Å². The quantitative estimate of drug-likeness (QED) is 0.256. The molecule has 0 saturated carbocycles. The zero-order valence-corrected chi connectivity index (χ0v) is 22.5. The number of H-pyrrole nitrogens is 1. The van der Waals surface area contributed by atoms with Crippen LogP contribution < -0.4 is 15.0 Å². The topological polar surface area (TPSA) is 154 Å². The number of carbonyl (C=O) groups excluding carboxylic acids is 2. The first-order chi connectivity index (χ1) is 20.0. The number of hydrogen-bond donors (Lipinski definition) is 4. The Kier molecular flexibility index (Phi) is 7.93. The van der Waals surface area contributed by atoms with Gasteiger partial charge in [-0.1, -0.05) is 36.4 Å². The molecular formula is C27H28F3N9O3. The van der Waals surface area contributed by atoms with Crippen LogP contribution in [0.2, 0.25) is 0 Å². The Morgan fingerprint density at radius 1 is 1.17 bits per heavy atom. The summed E-state index contributed by atoms with van der Waals surface area (Å²) in [5.74, 6) is -2.09. The number of piperazine rings is 1. The molecule has 1 fully saturated rings. The summed E-state index contributed by atoms with van der Waals surface area (Å²) in [6.07, 6.45) is -4.36. The Labute approximate surface area is 238 Å². The van der Waals surface area contributed by atoms with Gasteiger partial charge in [0, 0.05) is 33.1 Å². The standard InChI is InChI=1S/C27H28F3N9O3/c1-37-19-11-17(13-38-9-10-39(21(31)14-38)26(32)27(28,29)30)7-8-20(19)42-15-18(25(37)41)33-24(40)23-34-22(35-36-23)12-16-5-3-2-4-6-16/h2-8,11,18,31-32H,9-10,12-15H2,1H3,(H,33,40)(H,34,35,36). The van der Waals surface area contributed by atoms with E-state index in [0.717, 1.165) is 11.1 Å². The molecule has 1 aromatic heterocycles. The number of aromatic nitrogens is 3. The molecule has 0 spiro atoms. The van der Waals surface area contributed by atoms with Crippen LogP contribution in [0.25, 0.3) is 0 Å². The maximum atomic E-state index is 13.3. The van der Waals surface area contributed by atoms with E-state index in [1.807, 2.05) is 30.3 Å². The second-order valence-electron chi connectivity index (χ2n) is 9.96. The van der Waals surface area contributed by atoms with E-state index in [1.54, 1.807) is 30.1 Å². The molecule has 0 radical (unpaired) electrons. The number of likely N-dealkylation sites (N-methyl/N-ethyl adjacent to an activating group) is 1. The first-order valence-electron chi connectivity index (χ1n) is 13.0. The Balaban J connectivity index is 1.21. The Morgan fingerprint density at radius 2 is 1.93 bits per heavy atom. The summed E-state index contributed by atoms with van der Waals surface area (Å²) in [5.41, 5.74) is 2.21. The number of rotatable bonds is 6. The highest BCUT2D eigenvalue weighted by atomic mass is 19.4. The van der Waals surface area contributed by atoms with Crippen LogP contribution in [-0.2, 0) is 17.8 Å². The first kappa shape index (κ1) is 28.7. The summed E-state index contributed by atoms with van der Waals surface area (Å²) in [7, 11) is 1.56. The number of anilines is 1. The molecule has 5 rings (SSSR count). The van der Waals surface area contributed by atoms with Gasteiger partial charge in [0.1, 0.15) is 30.1 Å². The van der Waals surface area contributed by atoms with Crippen LogP contribution in [0.3, 0.4) is 0 Å². The molecule has 1 unspecified atom stereocenters. The summed E-state index contributed by atoms with van der Waals surface area (Å²) < 4.78 is 44.6. The average molecular weight is 584 g/mol. The number of alkyl halides is 3. The molecule has 2 aliphatic rings. The lowest BCUT2D eigenvalue weighted by Crippen LogP contribution is -2.54. The summed E-state index contributed by atoms with van der Waals surface area (Å²) >= 11 is 0. The van der Waals surface area contributed by atoms with Gasteiger partial charge < -0.3 is 19.9 Å². The van der Waals surface area contributed by atoms with Crippen molar-refractivity contribution in [2.45, 2.75) is 25.2 Å². The molecule has 42 heavy (non-hydrogen) atoms. The van der Waals surface area contributed by atoms with E-state index in [-0.39, 0.29) is 37.9 Å². The summed E-state index contributed by atoms with van der Waals surface area (Å²) in [6, 6.07) is 13.7. The van der Waals surface area contributed by atoms with E-state index < -0.39 is 29.9 Å². The Hall–Kier alpha value is -4.79. The highest BCUT2D eigenvalue weighted by molar-refractivity contribution is 6.03. The van der Waals surface area contributed by atoms with Gasteiger partial charge in [-0.25, -0.2) is 4.98 Å². The number of nitrogens with zero attached hydrogens (tertiary/aromatic N) is 5. The molecule has 1 atom stereocenters. The van der Waals surface area contributed by atoms with Gasteiger partial charge in [0.15, 0.2) is 0 Å². The number of fused-ring (bicyclic) bond motifs is 1. The van der Waals surface area contributed by atoms with Crippen LogP contribution in [0.1, 0.15) is 27.6 Å².